The number of para-hydroxylation sites is 1. The van der Waals surface area contributed by atoms with Gasteiger partial charge in [0.15, 0.2) is 6.61 Å². The Labute approximate surface area is 161 Å². The van der Waals surface area contributed by atoms with E-state index < -0.39 is 0 Å². The number of carbonyl (C=O) groups excluding carboxylic acids is 3. The second-order valence-electron chi connectivity index (χ2n) is 6.11. The lowest BCUT2D eigenvalue weighted by molar-refractivity contribution is -0.123. The van der Waals surface area contributed by atoms with Gasteiger partial charge >= 0.3 is 0 Å². The van der Waals surface area contributed by atoms with Gasteiger partial charge in [-0.3, -0.25) is 19.7 Å². The number of rotatable bonds is 8. The Morgan fingerprint density at radius 1 is 1.04 bits per heavy atom. The van der Waals surface area contributed by atoms with Gasteiger partial charge in [0, 0.05) is 6.54 Å². The number of imide groups is 1. The fourth-order valence-corrected chi connectivity index (χ4v) is 3.51. The minimum atomic E-state index is -0.354. The smallest absolute Gasteiger partial charge is 0.286 e. The molecule has 0 spiro atoms. The molecule has 3 rings (SSSR count). The molecule has 3 amide bonds. The molecule has 2 aromatic carbocycles. The summed E-state index contributed by atoms with van der Waals surface area (Å²) in [6.07, 6.45) is 1.23. The number of thioether (sulfide) groups is 1. The van der Waals surface area contributed by atoms with E-state index in [1.165, 1.54) is 0 Å². The van der Waals surface area contributed by atoms with Crippen LogP contribution in [0, 0.1) is 0 Å². The summed E-state index contributed by atoms with van der Waals surface area (Å²) in [6, 6.07) is 17.1. The molecule has 1 heterocycles. The third-order valence-corrected chi connectivity index (χ3v) is 5.04. The highest BCUT2D eigenvalue weighted by atomic mass is 32.2. The Morgan fingerprint density at radius 3 is 2.41 bits per heavy atom. The molecular weight excluding hydrogens is 364 g/mol. The molecule has 1 saturated heterocycles. The molecule has 0 unspecified atom stereocenters. The predicted molar refractivity (Wildman–Crippen MR) is 104 cm³/mol. The quantitative estimate of drug-likeness (QED) is 0.730. The summed E-state index contributed by atoms with van der Waals surface area (Å²) in [7, 11) is 0. The van der Waals surface area contributed by atoms with Crippen LogP contribution in [0.1, 0.15) is 11.1 Å². The topological polar surface area (TPSA) is 84.5 Å². The largest absolute Gasteiger partial charge is 0.484 e. The zero-order valence-corrected chi connectivity index (χ0v) is 15.5. The molecule has 2 N–H and O–H groups in total. The van der Waals surface area contributed by atoms with Crippen LogP contribution in [0.4, 0.5) is 4.79 Å². The fraction of sp³-hybridized carbons (Fsp3) is 0.250. The van der Waals surface area contributed by atoms with Crippen molar-refractivity contribution in [2.45, 2.75) is 18.1 Å². The number of carbonyl (C=O) groups is 3. The molecule has 1 atom stereocenters. The van der Waals surface area contributed by atoms with Gasteiger partial charge < -0.3 is 10.1 Å². The summed E-state index contributed by atoms with van der Waals surface area (Å²) >= 11 is 1.03. The lowest BCUT2D eigenvalue weighted by atomic mass is 10.1. The number of hydrogen-bond donors (Lipinski definition) is 2. The first kappa shape index (κ1) is 19.0. The summed E-state index contributed by atoms with van der Waals surface area (Å²) < 4.78 is 5.40. The van der Waals surface area contributed by atoms with Crippen molar-refractivity contribution in [2.24, 2.45) is 0 Å². The molecule has 6 nitrogen and oxygen atoms in total. The molecule has 1 aliphatic rings. The Balaban J connectivity index is 1.38. The van der Waals surface area contributed by atoms with E-state index in [2.05, 4.69) is 10.6 Å². The summed E-state index contributed by atoms with van der Waals surface area (Å²) in [6.45, 7) is 0.508. The van der Waals surface area contributed by atoms with E-state index in [1.54, 1.807) is 12.1 Å². The first-order valence-corrected chi connectivity index (χ1v) is 9.52. The van der Waals surface area contributed by atoms with Gasteiger partial charge in [-0.25, -0.2) is 0 Å². The van der Waals surface area contributed by atoms with Crippen LogP contribution in [0.15, 0.2) is 54.6 Å². The monoisotopic (exact) mass is 384 g/mol. The Bertz CT molecular complexity index is 808. The zero-order chi connectivity index (χ0) is 19.1. The molecule has 0 radical (unpaired) electrons. The molecule has 140 valence electrons. The minimum Gasteiger partial charge on any atom is -0.484 e. The van der Waals surface area contributed by atoms with Crippen molar-refractivity contribution in [2.75, 3.05) is 13.2 Å². The Hall–Kier alpha value is -2.80. The van der Waals surface area contributed by atoms with Gasteiger partial charge in [-0.15, -0.1) is 0 Å². The number of amides is 3. The normalized spacial score (nSPS) is 16.1. The van der Waals surface area contributed by atoms with E-state index in [4.69, 9.17) is 4.74 Å². The van der Waals surface area contributed by atoms with Gasteiger partial charge in [-0.2, -0.15) is 0 Å². The maximum absolute atomic E-state index is 11.8. The third-order valence-electron chi connectivity index (χ3n) is 4.06. The van der Waals surface area contributed by atoms with Crippen LogP contribution in [0.3, 0.4) is 0 Å². The van der Waals surface area contributed by atoms with E-state index in [1.807, 2.05) is 42.5 Å². The lowest BCUT2D eigenvalue weighted by Crippen LogP contribution is -2.30. The van der Waals surface area contributed by atoms with E-state index in [-0.39, 0.29) is 28.9 Å². The summed E-state index contributed by atoms with van der Waals surface area (Å²) in [5.41, 5.74) is 2.09. The van der Waals surface area contributed by atoms with Crippen LogP contribution in [0.25, 0.3) is 0 Å². The van der Waals surface area contributed by atoms with Crippen LogP contribution in [-0.4, -0.2) is 35.5 Å². The van der Waals surface area contributed by atoms with Gasteiger partial charge in [0.1, 0.15) is 5.75 Å². The maximum Gasteiger partial charge on any atom is 0.286 e. The van der Waals surface area contributed by atoms with E-state index in [0.717, 1.165) is 22.9 Å². The molecule has 1 aliphatic heterocycles. The van der Waals surface area contributed by atoms with Crippen molar-refractivity contribution in [1.29, 1.82) is 0 Å². The van der Waals surface area contributed by atoms with Crippen molar-refractivity contribution in [1.82, 2.24) is 10.6 Å². The molecule has 0 bridgehead atoms. The highest BCUT2D eigenvalue weighted by Crippen LogP contribution is 2.23. The molecule has 2 aromatic rings. The van der Waals surface area contributed by atoms with E-state index in [9.17, 15) is 14.4 Å². The summed E-state index contributed by atoms with van der Waals surface area (Å²) in [4.78, 5) is 34.6. The molecule has 27 heavy (non-hydrogen) atoms. The van der Waals surface area contributed by atoms with Crippen molar-refractivity contribution >= 4 is 28.8 Å². The zero-order valence-electron chi connectivity index (χ0n) is 14.6. The van der Waals surface area contributed by atoms with Crippen molar-refractivity contribution < 1.29 is 19.1 Å². The first-order chi connectivity index (χ1) is 13.1. The molecule has 0 aliphatic carbocycles. The molecular formula is C20H20N2O4S. The Kier molecular flexibility index (Phi) is 6.49. The molecule has 0 aromatic heterocycles. The predicted octanol–water partition coefficient (Wildman–Crippen LogP) is 2.32. The lowest BCUT2D eigenvalue weighted by Gasteiger charge is -2.09. The second-order valence-corrected chi connectivity index (χ2v) is 7.28. The van der Waals surface area contributed by atoms with Crippen LogP contribution in [-0.2, 0) is 22.4 Å². The molecule has 0 saturated carbocycles. The van der Waals surface area contributed by atoms with Crippen LogP contribution < -0.4 is 15.4 Å². The maximum atomic E-state index is 11.8. The number of ether oxygens (including phenoxy) is 1. The second kappa shape index (κ2) is 9.23. The highest BCUT2D eigenvalue weighted by Gasteiger charge is 2.31. The van der Waals surface area contributed by atoms with Gasteiger partial charge in [0.25, 0.3) is 11.1 Å². The number of nitrogens with one attached hydrogen (secondary N) is 2. The van der Waals surface area contributed by atoms with E-state index >= 15 is 0 Å². The van der Waals surface area contributed by atoms with Gasteiger partial charge in [0.05, 0.1) is 5.25 Å². The first-order valence-electron chi connectivity index (χ1n) is 8.64. The van der Waals surface area contributed by atoms with Crippen molar-refractivity contribution in [3.05, 3.63) is 65.7 Å². The Morgan fingerprint density at radius 2 is 1.74 bits per heavy atom. The summed E-state index contributed by atoms with van der Waals surface area (Å²) in [5.74, 6) is 0.276. The van der Waals surface area contributed by atoms with E-state index in [0.29, 0.717) is 25.1 Å². The minimum absolute atomic E-state index is 0.0111. The third kappa shape index (κ3) is 5.86. The number of benzene rings is 2. The fourth-order valence-electron chi connectivity index (χ4n) is 2.65. The van der Waals surface area contributed by atoms with Crippen LogP contribution in [0.5, 0.6) is 5.75 Å². The summed E-state index contributed by atoms with van der Waals surface area (Å²) in [5, 5.41) is 4.48. The number of hydrogen-bond acceptors (Lipinski definition) is 5. The highest BCUT2D eigenvalue weighted by molar-refractivity contribution is 8.15. The van der Waals surface area contributed by atoms with Crippen LogP contribution in [0.2, 0.25) is 0 Å². The average molecular weight is 384 g/mol. The average Bonchev–Trinajstić information content (AvgIpc) is 2.99. The standard InChI is InChI=1S/C20H20N2O4S/c23-18(13-26-16-4-2-1-3-5-16)21-11-10-14-6-8-15(9-7-14)12-17-19(24)22-20(25)27-17/h1-9,17H,10-13H2,(H,21,23)(H,22,24,25)/t17-/m1/s1. The van der Waals surface area contributed by atoms with Crippen molar-refractivity contribution in [3.8, 4) is 5.75 Å². The van der Waals surface area contributed by atoms with Gasteiger partial charge in [-0.05, 0) is 36.1 Å². The molecule has 7 heteroatoms. The molecule has 1 fully saturated rings. The SMILES string of the molecule is O=C(COc1ccccc1)NCCc1ccc(C[C@H]2SC(=O)NC2=O)cc1. The van der Waals surface area contributed by atoms with Crippen LogP contribution >= 0.6 is 11.8 Å². The van der Waals surface area contributed by atoms with Gasteiger partial charge in [-0.1, -0.05) is 54.2 Å². The van der Waals surface area contributed by atoms with Gasteiger partial charge in [0.2, 0.25) is 5.91 Å². The van der Waals surface area contributed by atoms with Crippen molar-refractivity contribution in [3.63, 3.8) is 0 Å².